The molecule has 1 aliphatic rings. The van der Waals surface area contributed by atoms with Crippen LogP contribution in [0.2, 0.25) is 0 Å². The van der Waals surface area contributed by atoms with Gasteiger partial charge in [0.15, 0.2) is 0 Å². The highest BCUT2D eigenvalue weighted by Crippen LogP contribution is 2.27. The summed E-state index contributed by atoms with van der Waals surface area (Å²) >= 11 is 0. The first-order chi connectivity index (χ1) is 6.28. The van der Waals surface area contributed by atoms with E-state index in [0.717, 1.165) is 25.0 Å². The molecule has 1 fully saturated rings. The highest BCUT2D eigenvalue weighted by atomic mass is 19.1. The summed E-state index contributed by atoms with van der Waals surface area (Å²) in [6, 6.07) is 3.15. The minimum absolute atomic E-state index is 0.312. The van der Waals surface area contributed by atoms with E-state index in [-0.39, 0.29) is 0 Å². The SMILES string of the molecule is CCc1cc(OC2CC2)cc(F)n1. The molecule has 2 nitrogen and oxygen atoms in total. The standard InChI is InChI=1S/C10H12FNO/c1-2-7-5-9(6-10(11)12-7)13-8-3-4-8/h5-6,8H,2-4H2,1H3. The van der Waals surface area contributed by atoms with Gasteiger partial charge in [-0.25, -0.2) is 4.98 Å². The van der Waals surface area contributed by atoms with E-state index in [1.54, 1.807) is 6.07 Å². The Kier molecular flexibility index (Phi) is 2.17. The molecule has 1 aliphatic carbocycles. The van der Waals surface area contributed by atoms with Gasteiger partial charge in [0.1, 0.15) is 5.75 Å². The largest absolute Gasteiger partial charge is 0.490 e. The van der Waals surface area contributed by atoms with E-state index in [2.05, 4.69) is 4.98 Å². The van der Waals surface area contributed by atoms with Crippen LogP contribution < -0.4 is 4.74 Å². The Labute approximate surface area is 76.7 Å². The van der Waals surface area contributed by atoms with Crippen LogP contribution in [0.25, 0.3) is 0 Å². The first-order valence-corrected chi connectivity index (χ1v) is 4.61. The third kappa shape index (κ3) is 2.17. The molecule has 0 unspecified atom stereocenters. The number of ether oxygens (including phenoxy) is 1. The second-order valence-electron chi connectivity index (χ2n) is 3.29. The van der Waals surface area contributed by atoms with Crippen molar-refractivity contribution in [3.05, 3.63) is 23.8 Å². The Morgan fingerprint density at radius 1 is 1.54 bits per heavy atom. The predicted molar refractivity (Wildman–Crippen MR) is 47.2 cm³/mol. The monoisotopic (exact) mass is 181 g/mol. The number of aryl methyl sites for hydroxylation is 1. The molecule has 70 valence electrons. The van der Waals surface area contributed by atoms with Crippen molar-refractivity contribution in [1.82, 2.24) is 4.98 Å². The van der Waals surface area contributed by atoms with Gasteiger partial charge in [0, 0.05) is 17.8 Å². The van der Waals surface area contributed by atoms with Crippen LogP contribution >= 0.6 is 0 Å². The Hall–Kier alpha value is -1.12. The minimum Gasteiger partial charge on any atom is -0.490 e. The zero-order valence-electron chi connectivity index (χ0n) is 7.59. The van der Waals surface area contributed by atoms with E-state index < -0.39 is 5.95 Å². The molecule has 1 aromatic heterocycles. The number of pyridine rings is 1. The van der Waals surface area contributed by atoms with Crippen LogP contribution in [0.15, 0.2) is 12.1 Å². The average molecular weight is 181 g/mol. The fraction of sp³-hybridized carbons (Fsp3) is 0.500. The average Bonchev–Trinajstić information content (AvgIpc) is 2.87. The van der Waals surface area contributed by atoms with E-state index in [1.165, 1.54) is 6.07 Å². The smallest absolute Gasteiger partial charge is 0.216 e. The van der Waals surface area contributed by atoms with Crippen molar-refractivity contribution in [1.29, 1.82) is 0 Å². The molecular weight excluding hydrogens is 169 g/mol. The maximum absolute atomic E-state index is 12.9. The molecule has 0 aliphatic heterocycles. The molecule has 1 aromatic rings. The zero-order valence-corrected chi connectivity index (χ0v) is 7.59. The molecule has 0 saturated heterocycles. The van der Waals surface area contributed by atoms with Gasteiger partial charge in [-0.15, -0.1) is 0 Å². The number of hydrogen-bond acceptors (Lipinski definition) is 2. The third-order valence-corrected chi connectivity index (χ3v) is 2.01. The third-order valence-electron chi connectivity index (χ3n) is 2.01. The summed E-state index contributed by atoms with van der Waals surface area (Å²) in [6.07, 6.45) is 3.22. The Morgan fingerprint density at radius 2 is 2.31 bits per heavy atom. The Bertz CT molecular complexity index is 310. The molecule has 1 heterocycles. The number of hydrogen-bond donors (Lipinski definition) is 0. The van der Waals surface area contributed by atoms with E-state index in [0.29, 0.717) is 11.9 Å². The van der Waals surface area contributed by atoms with Crippen molar-refractivity contribution in [3.63, 3.8) is 0 Å². The van der Waals surface area contributed by atoms with Crippen LogP contribution in [0.3, 0.4) is 0 Å². The molecule has 0 N–H and O–H groups in total. The summed E-state index contributed by atoms with van der Waals surface area (Å²) in [5.74, 6) is 0.168. The Balaban J connectivity index is 2.17. The second kappa shape index (κ2) is 3.32. The van der Waals surface area contributed by atoms with Crippen molar-refractivity contribution in [2.24, 2.45) is 0 Å². The number of rotatable bonds is 3. The van der Waals surface area contributed by atoms with Gasteiger partial charge in [0.25, 0.3) is 0 Å². The van der Waals surface area contributed by atoms with Crippen molar-refractivity contribution in [2.75, 3.05) is 0 Å². The summed E-state index contributed by atoms with van der Waals surface area (Å²) in [5, 5.41) is 0. The van der Waals surface area contributed by atoms with Crippen LogP contribution in [0, 0.1) is 5.95 Å². The maximum atomic E-state index is 12.9. The van der Waals surface area contributed by atoms with Crippen LogP contribution in [-0.4, -0.2) is 11.1 Å². The van der Waals surface area contributed by atoms with Gasteiger partial charge in [-0.2, -0.15) is 4.39 Å². The quantitative estimate of drug-likeness (QED) is 0.667. The lowest BCUT2D eigenvalue weighted by atomic mass is 10.3. The lowest BCUT2D eigenvalue weighted by molar-refractivity contribution is 0.300. The van der Waals surface area contributed by atoms with Crippen LogP contribution in [-0.2, 0) is 6.42 Å². The fourth-order valence-electron chi connectivity index (χ4n) is 1.15. The van der Waals surface area contributed by atoms with Crippen LogP contribution in [0.1, 0.15) is 25.5 Å². The first kappa shape index (κ1) is 8.48. The van der Waals surface area contributed by atoms with Crippen LogP contribution in [0.5, 0.6) is 5.75 Å². The van der Waals surface area contributed by atoms with Gasteiger partial charge in [0.05, 0.1) is 6.10 Å². The molecule has 0 spiro atoms. The maximum Gasteiger partial charge on any atom is 0.216 e. The molecule has 1 saturated carbocycles. The molecule has 2 rings (SSSR count). The normalized spacial score (nSPS) is 15.8. The van der Waals surface area contributed by atoms with E-state index in [4.69, 9.17) is 4.74 Å². The van der Waals surface area contributed by atoms with E-state index >= 15 is 0 Å². The summed E-state index contributed by atoms with van der Waals surface area (Å²) in [6.45, 7) is 1.95. The van der Waals surface area contributed by atoms with Gasteiger partial charge in [-0.3, -0.25) is 0 Å². The molecule has 13 heavy (non-hydrogen) atoms. The number of aromatic nitrogens is 1. The van der Waals surface area contributed by atoms with Gasteiger partial charge in [-0.05, 0) is 19.3 Å². The molecule has 0 atom stereocenters. The van der Waals surface area contributed by atoms with E-state index in [9.17, 15) is 4.39 Å². The topological polar surface area (TPSA) is 22.1 Å². The van der Waals surface area contributed by atoms with Gasteiger partial charge < -0.3 is 4.74 Å². The highest BCUT2D eigenvalue weighted by molar-refractivity contribution is 5.24. The van der Waals surface area contributed by atoms with Gasteiger partial charge >= 0.3 is 0 Å². The fourth-order valence-corrected chi connectivity index (χ4v) is 1.15. The van der Waals surface area contributed by atoms with Gasteiger partial charge in [0.2, 0.25) is 5.95 Å². The molecule has 0 amide bonds. The van der Waals surface area contributed by atoms with Crippen LogP contribution in [0.4, 0.5) is 4.39 Å². The molecule has 0 radical (unpaired) electrons. The summed E-state index contributed by atoms with van der Waals surface area (Å²) < 4.78 is 18.4. The number of halogens is 1. The Morgan fingerprint density at radius 3 is 2.92 bits per heavy atom. The van der Waals surface area contributed by atoms with Crippen molar-refractivity contribution < 1.29 is 9.13 Å². The summed E-state index contributed by atoms with van der Waals surface area (Å²) in [5.41, 5.74) is 0.746. The van der Waals surface area contributed by atoms with Crippen molar-refractivity contribution in [3.8, 4) is 5.75 Å². The highest BCUT2D eigenvalue weighted by Gasteiger charge is 2.23. The van der Waals surface area contributed by atoms with Crippen molar-refractivity contribution in [2.45, 2.75) is 32.3 Å². The first-order valence-electron chi connectivity index (χ1n) is 4.61. The molecule has 3 heteroatoms. The lowest BCUT2D eigenvalue weighted by Gasteiger charge is -2.05. The minimum atomic E-state index is -0.449. The summed E-state index contributed by atoms with van der Waals surface area (Å²) in [4.78, 5) is 3.73. The zero-order chi connectivity index (χ0) is 9.26. The molecule has 0 bridgehead atoms. The van der Waals surface area contributed by atoms with Crippen molar-refractivity contribution >= 4 is 0 Å². The lowest BCUT2D eigenvalue weighted by Crippen LogP contribution is -1.99. The van der Waals surface area contributed by atoms with Gasteiger partial charge in [-0.1, -0.05) is 6.92 Å². The predicted octanol–water partition coefficient (Wildman–Crippen LogP) is 2.32. The second-order valence-corrected chi connectivity index (χ2v) is 3.29. The van der Waals surface area contributed by atoms with E-state index in [1.807, 2.05) is 6.92 Å². The molecular formula is C10H12FNO. The summed E-state index contributed by atoms with van der Waals surface area (Å²) in [7, 11) is 0. The molecule has 0 aromatic carbocycles. The number of nitrogens with zero attached hydrogens (tertiary/aromatic N) is 1.